The van der Waals surface area contributed by atoms with Crippen molar-refractivity contribution in [1.29, 1.82) is 0 Å². The maximum atomic E-state index is 13.7. The lowest BCUT2D eigenvalue weighted by Crippen LogP contribution is -2.25. The molecular weight excluding hydrogens is 486 g/mol. The smallest absolute Gasteiger partial charge is 0.387 e. The largest absolute Gasteiger partial charge is 0.417 e. The predicted octanol–water partition coefficient (Wildman–Crippen LogP) is 4.82. The molecule has 0 amide bonds. The highest BCUT2D eigenvalue weighted by molar-refractivity contribution is 7.91. The number of aliphatic hydroxyl groups excluding tert-OH is 1. The predicted molar refractivity (Wildman–Crippen MR) is 115 cm³/mol. The summed E-state index contributed by atoms with van der Waals surface area (Å²) in [5.74, 6) is 0. The Morgan fingerprint density at radius 2 is 1.74 bits per heavy atom. The third-order valence-electron chi connectivity index (χ3n) is 5.80. The Hall–Kier alpha value is -2.57. The number of alkyl halides is 6. The van der Waals surface area contributed by atoms with Crippen molar-refractivity contribution in [2.75, 3.05) is 19.3 Å². The molecule has 0 aliphatic carbocycles. The number of rotatable bonds is 2. The maximum absolute atomic E-state index is 13.7. The maximum Gasteiger partial charge on any atom is 0.417 e. The van der Waals surface area contributed by atoms with Gasteiger partial charge in [-0.3, -0.25) is 0 Å². The van der Waals surface area contributed by atoms with E-state index in [-0.39, 0.29) is 23.0 Å². The normalized spacial score (nSPS) is 19.8. The molecule has 0 saturated carbocycles. The van der Waals surface area contributed by atoms with E-state index in [9.17, 15) is 39.9 Å². The minimum absolute atomic E-state index is 0.0142. The third-order valence-corrected chi connectivity index (χ3v) is 6.97. The van der Waals surface area contributed by atoms with Crippen molar-refractivity contribution in [2.45, 2.75) is 36.2 Å². The Bertz CT molecular complexity index is 1400. The lowest BCUT2D eigenvalue weighted by molar-refractivity contribution is -0.140. The third kappa shape index (κ3) is 4.41. The fraction of sp³-hybridized carbons (Fsp3) is 0.364. The Morgan fingerprint density at radius 3 is 2.35 bits per heavy atom. The van der Waals surface area contributed by atoms with E-state index < -0.39 is 49.7 Å². The number of nitrogens with one attached hydrogen (secondary N) is 1. The Balaban J connectivity index is 2.19. The molecule has 1 aliphatic heterocycles. The quantitative estimate of drug-likeness (QED) is 0.489. The van der Waals surface area contributed by atoms with Crippen LogP contribution in [0.15, 0.2) is 40.8 Å². The Kier molecular flexibility index (Phi) is 5.98. The number of aliphatic hydroxyl groups is 1. The van der Waals surface area contributed by atoms with E-state index in [1.54, 1.807) is 0 Å². The van der Waals surface area contributed by atoms with Crippen LogP contribution in [0.3, 0.4) is 0 Å². The van der Waals surface area contributed by atoms with Crippen molar-refractivity contribution in [2.24, 2.45) is 0 Å². The number of hydrogen-bond acceptors (Lipinski definition) is 4. The van der Waals surface area contributed by atoms with E-state index in [0.29, 0.717) is 43.3 Å². The summed E-state index contributed by atoms with van der Waals surface area (Å²) in [7, 11) is -4.51. The van der Waals surface area contributed by atoms with E-state index in [0.717, 1.165) is 18.2 Å². The molecule has 3 aromatic rings. The van der Waals surface area contributed by atoms with Gasteiger partial charge < -0.3 is 15.0 Å². The molecule has 4 rings (SSSR count). The average Bonchev–Trinajstić information content (AvgIpc) is 2.87. The lowest BCUT2D eigenvalue weighted by Gasteiger charge is -2.14. The lowest BCUT2D eigenvalue weighted by atomic mass is 10.1. The molecule has 1 saturated heterocycles. The van der Waals surface area contributed by atoms with Gasteiger partial charge in [0.25, 0.3) is 0 Å². The highest BCUT2D eigenvalue weighted by Crippen LogP contribution is 2.43. The van der Waals surface area contributed by atoms with Gasteiger partial charge in [0.15, 0.2) is 9.84 Å². The summed E-state index contributed by atoms with van der Waals surface area (Å²) in [4.78, 5) is -1.08. The Morgan fingerprint density at radius 1 is 1.06 bits per heavy atom. The van der Waals surface area contributed by atoms with Gasteiger partial charge in [0, 0.05) is 29.8 Å². The zero-order valence-corrected chi connectivity index (χ0v) is 18.6. The number of fused-ring (bicyclic) bond motifs is 3. The molecule has 2 heterocycles. The first-order valence-electron chi connectivity index (χ1n) is 10.2. The zero-order valence-electron chi connectivity index (χ0n) is 17.8. The number of aromatic nitrogens is 1. The van der Waals surface area contributed by atoms with Gasteiger partial charge >= 0.3 is 12.4 Å². The van der Waals surface area contributed by atoms with Gasteiger partial charge in [-0.15, -0.1) is 0 Å². The molecule has 184 valence electrons. The molecular formula is C22H20F6N2O3S. The first-order valence-corrected chi connectivity index (χ1v) is 12.1. The first kappa shape index (κ1) is 24.6. The minimum atomic E-state index is -5.05. The van der Waals surface area contributed by atoms with Crippen LogP contribution in [0.4, 0.5) is 26.3 Å². The highest BCUT2D eigenvalue weighted by Gasteiger charge is 2.39. The van der Waals surface area contributed by atoms with Crippen LogP contribution in [0.1, 0.15) is 24.0 Å². The Labute approximate surface area is 190 Å². The monoisotopic (exact) mass is 506 g/mol. The van der Waals surface area contributed by atoms with Crippen LogP contribution in [0.2, 0.25) is 0 Å². The summed E-state index contributed by atoms with van der Waals surface area (Å²) in [6.45, 7) is 0.859. The van der Waals surface area contributed by atoms with Crippen LogP contribution < -0.4 is 5.32 Å². The second-order valence-electron chi connectivity index (χ2n) is 8.23. The first-order chi connectivity index (χ1) is 15.7. The molecule has 1 fully saturated rings. The van der Waals surface area contributed by atoms with Crippen LogP contribution >= 0.6 is 0 Å². The molecule has 1 atom stereocenters. The van der Waals surface area contributed by atoms with Gasteiger partial charge in [0.05, 0.1) is 33.2 Å². The molecule has 1 aromatic heterocycles. The van der Waals surface area contributed by atoms with Crippen LogP contribution in [0.5, 0.6) is 0 Å². The number of β-amino-alcohol motifs (C(OH)–C–C–N with tert-alkyl or cyclic N) is 1. The van der Waals surface area contributed by atoms with Gasteiger partial charge in [-0.2, -0.15) is 26.3 Å². The van der Waals surface area contributed by atoms with Gasteiger partial charge in [-0.1, -0.05) is 0 Å². The number of hydrogen-bond donors (Lipinski definition) is 2. The molecule has 1 aliphatic rings. The van der Waals surface area contributed by atoms with Crippen LogP contribution in [0.25, 0.3) is 28.0 Å². The van der Waals surface area contributed by atoms with Crippen LogP contribution in [-0.4, -0.2) is 43.5 Å². The molecule has 34 heavy (non-hydrogen) atoms. The topological polar surface area (TPSA) is 71.3 Å². The second kappa shape index (κ2) is 8.28. The summed E-state index contributed by atoms with van der Waals surface area (Å²) >= 11 is 0. The summed E-state index contributed by atoms with van der Waals surface area (Å²) in [5, 5.41) is 12.7. The minimum Gasteiger partial charge on any atom is -0.387 e. The van der Waals surface area contributed by atoms with Crippen molar-refractivity contribution in [3.8, 4) is 0 Å². The second-order valence-corrected chi connectivity index (χ2v) is 10.2. The van der Waals surface area contributed by atoms with Crippen molar-refractivity contribution in [3.05, 3.63) is 47.0 Å². The summed E-state index contributed by atoms with van der Waals surface area (Å²) in [6.07, 6.45) is -7.61. The molecule has 12 heteroatoms. The van der Waals surface area contributed by atoms with E-state index in [1.807, 2.05) is 0 Å². The van der Waals surface area contributed by atoms with Crippen molar-refractivity contribution < 1.29 is 39.9 Å². The van der Waals surface area contributed by atoms with Crippen LogP contribution in [0, 0.1) is 0 Å². The fourth-order valence-electron chi connectivity index (χ4n) is 4.30. The summed E-state index contributed by atoms with van der Waals surface area (Å²) in [6, 6.07) is 4.19. The molecule has 5 nitrogen and oxygen atoms in total. The van der Waals surface area contributed by atoms with E-state index in [1.165, 1.54) is 10.8 Å². The highest BCUT2D eigenvalue weighted by atomic mass is 32.2. The number of halogens is 6. The fourth-order valence-corrected chi connectivity index (χ4v) is 5.47. The number of benzene rings is 2. The standard InChI is InChI=1S/C22H20F6N2O3S/c1-34(32,33)20-15(22(26,27)28)5-7-17-19(20)14-9-13(21(23,24)25)4-6-16(14)30(17)11-12-3-2-8-29-10-18(12)31/h4-7,9,11,18,29,31H,2-3,8,10H2,1H3/b12-11+/t18-/m0/s1. The summed E-state index contributed by atoms with van der Waals surface area (Å²) < 4.78 is 108. The molecule has 0 radical (unpaired) electrons. The number of sulfone groups is 1. The van der Waals surface area contributed by atoms with E-state index in [2.05, 4.69) is 5.32 Å². The molecule has 0 bridgehead atoms. The average molecular weight is 506 g/mol. The molecule has 2 aromatic carbocycles. The number of nitrogens with zero attached hydrogens (tertiary/aromatic N) is 1. The van der Waals surface area contributed by atoms with Crippen molar-refractivity contribution in [1.82, 2.24) is 9.88 Å². The molecule has 0 unspecified atom stereocenters. The van der Waals surface area contributed by atoms with Crippen LogP contribution in [-0.2, 0) is 22.2 Å². The summed E-state index contributed by atoms with van der Waals surface area (Å²) in [5.41, 5.74) is -1.99. The SMILES string of the molecule is CS(=O)(=O)c1c(C(F)(F)F)ccc2c1c1cc(C(F)(F)F)ccc1n2/C=C1\CCCNC[C@@H]1O. The van der Waals surface area contributed by atoms with Gasteiger partial charge in [-0.25, -0.2) is 8.42 Å². The van der Waals surface area contributed by atoms with Gasteiger partial charge in [0.1, 0.15) is 0 Å². The van der Waals surface area contributed by atoms with Crippen molar-refractivity contribution >= 4 is 37.8 Å². The van der Waals surface area contributed by atoms with E-state index in [4.69, 9.17) is 0 Å². The molecule has 2 N–H and O–H groups in total. The molecule has 0 spiro atoms. The van der Waals surface area contributed by atoms with Gasteiger partial charge in [0.2, 0.25) is 0 Å². The zero-order chi connectivity index (χ0) is 25.1. The van der Waals surface area contributed by atoms with E-state index >= 15 is 0 Å². The van der Waals surface area contributed by atoms with Gasteiger partial charge in [-0.05, 0) is 55.3 Å². The van der Waals surface area contributed by atoms with Crippen molar-refractivity contribution in [3.63, 3.8) is 0 Å².